The molecule has 0 aromatic carbocycles. The van der Waals surface area contributed by atoms with Crippen LogP contribution in [0.4, 0.5) is 0 Å². The molecule has 1 unspecified atom stereocenters. The first kappa shape index (κ1) is 13.5. The Morgan fingerprint density at radius 2 is 2.12 bits per heavy atom. The summed E-state index contributed by atoms with van der Waals surface area (Å²) in [7, 11) is 0. The lowest BCUT2D eigenvalue weighted by molar-refractivity contribution is -0.124. The van der Waals surface area contributed by atoms with E-state index in [1.807, 2.05) is 20.8 Å². The molecule has 0 saturated carbocycles. The second kappa shape index (κ2) is 5.64. The molecule has 4 nitrogen and oxygen atoms in total. The van der Waals surface area contributed by atoms with Crippen molar-refractivity contribution in [2.24, 2.45) is 5.73 Å². The highest BCUT2D eigenvalue weighted by molar-refractivity contribution is 5.78. The van der Waals surface area contributed by atoms with Gasteiger partial charge in [-0.25, -0.2) is 0 Å². The van der Waals surface area contributed by atoms with Crippen molar-refractivity contribution in [3.8, 4) is 0 Å². The van der Waals surface area contributed by atoms with Gasteiger partial charge in [0.05, 0.1) is 6.54 Å². The molecule has 1 heterocycles. The predicted octanol–water partition coefficient (Wildman–Crippen LogP) is 0.714. The second-order valence-electron chi connectivity index (χ2n) is 5.65. The molecule has 0 bridgehead atoms. The first-order valence-corrected chi connectivity index (χ1v) is 6.17. The summed E-state index contributed by atoms with van der Waals surface area (Å²) >= 11 is 0. The molecule has 3 N–H and O–H groups in total. The summed E-state index contributed by atoms with van der Waals surface area (Å²) in [5.41, 5.74) is 5.58. The molecule has 1 aliphatic rings. The van der Waals surface area contributed by atoms with Gasteiger partial charge in [0, 0.05) is 18.1 Å². The van der Waals surface area contributed by atoms with Crippen LogP contribution in [0.1, 0.15) is 40.0 Å². The Morgan fingerprint density at radius 1 is 1.44 bits per heavy atom. The standard InChI is InChI=1S/C12H25N3O/c1-12(2,3)14-11(16)9-15-7-5-4-6-10(15)8-13/h10H,4-9,13H2,1-3H3,(H,14,16). The number of carbonyl (C=O) groups excluding carboxylic acids is 1. The lowest BCUT2D eigenvalue weighted by atomic mass is 10.0. The van der Waals surface area contributed by atoms with Gasteiger partial charge in [-0.05, 0) is 40.2 Å². The summed E-state index contributed by atoms with van der Waals surface area (Å²) in [6.07, 6.45) is 3.54. The number of hydrogen-bond donors (Lipinski definition) is 2. The predicted molar refractivity (Wildman–Crippen MR) is 66.2 cm³/mol. The summed E-state index contributed by atoms with van der Waals surface area (Å²) in [5.74, 6) is 0.104. The van der Waals surface area contributed by atoms with Gasteiger partial charge in [0.25, 0.3) is 0 Å². The Bertz CT molecular complexity index is 235. The smallest absolute Gasteiger partial charge is 0.234 e. The van der Waals surface area contributed by atoms with Crippen LogP contribution >= 0.6 is 0 Å². The van der Waals surface area contributed by atoms with Gasteiger partial charge >= 0.3 is 0 Å². The largest absolute Gasteiger partial charge is 0.350 e. The number of carbonyl (C=O) groups is 1. The monoisotopic (exact) mass is 227 g/mol. The minimum atomic E-state index is -0.148. The average molecular weight is 227 g/mol. The van der Waals surface area contributed by atoms with Crippen LogP contribution in [-0.4, -0.2) is 42.0 Å². The van der Waals surface area contributed by atoms with Gasteiger partial charge in [0.2, 0.25) is 5.91 Å². The van der Waals surface area contributed by atoms with E-state index in [4.69, 9.17) is 5.73 Å². The van der Waals surface area contributed by atoms with E-state index in [1.165, 1.54) is 12.8 Å². The topological polar surface area (TPSA) is 58.4 Å². The second-order valence-corrected chi connectivity index (χ2v) is 5.65. The van der Waals surface area contributed by atoms with Crippen molar-refractivity contribution in [2.45, 2.75) is 51.6 Å². The van der Waals surface area contributed by atoms with E-state index >= 15 is 0 Å². The fourth-order valence-corrected chi connectivity index (χ4v) is 2.18. The van der Waals surface area contributed by atoms with Crippen LogP contribution in [0.3, 0.4) is 0 Å². The van der Waals surface area contributed by atoms with Crippen molar-refractivity contribution < 1.29 is 4.79 Å². The molecule has 0 radical (unpaired) electrons. The lowest BCUT2D eigenvalue weighted by Crippen LogP contribution is -2.51. The Labute approximate surface area is 98.6 Å². The molecular formula is C12H25N3O. The fourth-order valence-electron chi connectivity index (χ4n) is 2.18. The molecule has 1 rings (SSSR count). The van der Waals surface area contributed by atoms with E-state index in [0.29, 0.717) is 19.1 Å². The number of nitrogens with zero attached hydrogens (tertiary/aromatic N) is 1. The molecule has 1 fully saturated rings. The Balaban J connectivity index is 2.42. The molecule has 16 heavy (non-hydrogen) atoms. The highest BCUT2D eigenvalue weighted by Gasteiger charge is 2.24. The minimum absolute atomic E-state index is 0.104. The van der Waals surface area contributed by atoms with Gasteiger partial charge < -0.3 is 11.1 Å². The molecular weight excluding hydrogens is 202 g/mol. The van der Waals surface area contributed by atoms with Gasteiger partial charge in [-0.15, -0.1) is 0 Å². The molecule has 0 aliphatic carbocycles. The van der Waals surface area contributed by atoms with Crippen LogP contribution in [0.5, 0.6) is 0 Å². The maximum absolute atomic E-state index is 11.8. The summed E-state index contributed by atoms with van der Waals surface area (Å²) in [5, 5.41) is 2.99. The van der Waals surface area contributed by atoms with E-state index in [-0.39, 0.29) is 11.4 Å². The van der Waals surface area contributed by atoms with Crippen molar-refractivity contribution in [1.82, 2.24) is 10.2 Å². The van der Waals surface area contributed by atoms with Gasteiger partial charge in [-0.3, -0.25) is 9.69 Å². The van der Waals surface area contributed by atoms with Gasteiger partial charge in [0.1, 0.15) is 0 Å². The van der Waals surface area contributed by atoms with Crippen LogP contribution in [0.25, 0.3) is 0 Å². The number of rotatable bonds is 3. The van der Waals surface area contributed by atoms with E-state index in [1.54, 1.807) is 0 Å². The Kier molecular flexibility index (Phi) is 4.74. The van der Waals surface area contributed by atoms with E-state index in [0.717, 1.165) is 13.0 Å². The number of amides is 1. The summed E-state index contributed by atoms with van der Waals surface area (Å²) in [4.78, 5) is 14.0. The molecule has 4 heteroatoms. The number of nitrogens with one attached hydrogen (secondary N) is 1. The third kappa shape index (κ3) is 4.49. The maximum Gasteiger partial charge on any atom is 0.234 e. The van der Waals surface area contributed by atoms with Crippen molar-refractivity contribution >= 4 is 5.91 Å². The molecule has 1 aliphatic heterocycles. The first-order valence-electron chi connectivity index (χ1n) is 6.17. The number of nitrogens with two attached hydrogens (primary N) is 1. The highest BCUT2D eigenvalue weighted by atomic mass is 16.2. The van der Waals surface area contributed by atoms with Crippen LogP contribution in [0.15, 0.2) is 0 Å². The minimum Gasteiger partial charge on any atom is -0.350 e. The molecule has 1 saturated heterocycles. The number of hydrogen-bond acceptors (Lipinski definition) is 3. The lowest BCUT2D eigenvalue weighted by Gasteiger charge is -2.35. The van der Waals surface area contributed by atoms with Crippen LogP contribution in [0.2, 0.25) is 0 Å². The Morgan fingerprint density at radius 3 is 2.69 bits per heavy atom. The first-order chi connectivity index (χ1) is 7.42. The van der Waals surface area contributed by atoms with Crippen molar-refractivity contribution in [3.63, 3.8) is 0 Å². The fraction of sp³-hybridized carbons (Fsp3) is 0.917. The zero-order chi connectivity index (χ0) is 12.2. The van der Waals surface area contributed by atoms with Crippen molar-refractivity contribution in [1.29, 1.82) is 0 Å². The molecule has 0 aromatic heterocycles. The van der Waals surface area contributed by atoms with Gasteiger partial charge in [0.15, 0.2) is 0 Å². The van der Waals surface area contributed by atoms with Crippen molar-refractivity contribution in [3.05, 3.63) is 0 Å². The van der Waals surface area contributed by atoms with E-state index < -0.39 is 0 Å². The zero-order valence-corrected chi connectivity index (χ0v) is 10.8. The SMILES string of the molecule is CC(C)(C)NC(=O)CN1CCCCC1CN. The molecule has 0 spiro atoms. The van der Waals surface area contributed by atoms with Crippen molar-refractivity contribution in [2.75, 3.05) is 19.6 Å². The van der Waals surface area contributed by atoms with E-state index in [2.05, 4.69) is 10.2 Å². The molecule has 0 aromatic rings. The quantitative estimate of drug-likeness (QED) is 0.747. The van der Waals surface area contributed by atoms with E-state index in [9.17, 15) is 4.79 Å². The molecule has 1 amide bonds. The highest BCUT2D eigenvalue weighted by Crippen LogP contribution is 2.15. The van der Waals surface area contributed by atoms with Crippen LogP contribution in [-0.2, 0) is 4.79 Å². The summed E-state index contributed by atoms with van der Waals surface area (Å²) in [6.45, 7) is 8.14. The number of piperidine rings is 1. The maximum atomic E-state index is 11.8. The number of likely N-dealkylation sites (tertiary alicyclic amines) is 1. The zero-order valence-electron chi connectivity index (χ0n) is 10.8. The summed E-state index contributed by atoms with van der Waals surface area (Å²) < 4.78 is 0. The van der Waals surface area contributed by atoms with Crippen LogP contribution < -0.4 is 11.1 Å². The third-order valence-corrected chi connectivity index (χ3v) is 2.88. The summed E-state index contributed by atoms with van der Waals surface area (Å²) in [6, 6.07) is 0.388. The van der Waals surface area contributed by atoms with Gasteiger partial charge in [-0.1, -0.05) is 6.42 Å². The van der Waals surface area contributed by atoms with Gasteiger partial charge in [-0.2, -0.15) is 0 Å². The third-order valence-electron chi connectivity index (χ3n) is 2.88. The normalized spacial score (nSPS) is 23.1. The molecule has 1 atom stereocenters. The Hall–Kier alpha value is -0.610. The average Bonchev–Trinajstić information content (AvgIpc) is 2.15. The molecule has 94 valence electrons. The van der Waals surface area contributed by atoms with Crippen LogP contribution in [0, 0.1) is 0 Å².